The van der Waals surface area contributed by atoms with Crippen molar-refractivity contribution < 1.29 is 9.21 Å². The number of hydrogen-bond donors (Lipinski definition) is 2. The predicted octanol–water partition coefficient (Wildman–Crippen LogP) is 4.68. The molecule has 0 saturated heterocycles. The smallest absolute Gasteiger partial charge is 0.251 e. The number of carbonyl (C=O) groups excluding carboxylic acids is 1. The van der Waals surface area contributed by atoms with Gasteiger partial charge in [-0.2, -0.15) is 5.10 Å². The third kappa shape index (κ3) is 5.22. The molecule has 0 radical (unpaired) electrons. The average Bonchev–Trinajstić information content (AvgIpc) is 3.44. The van der Waals surface area contributed by atoms with Crippen LogP contribution in [0, 0.1) is 0 Å². The molecule has 2 heterocycles. The SMILES string of the molecule is C/C(=N\Nc1nc2ccccc2s1)c1ccc(-c2cccc(C(=O)NCCN(C)C)c2)o1. The molecule has 2 N–H and O–H groups in total. The van der Waals surface area contributed by atoms with Crippen LogP contribution in [0.5, 0.6) is 0 Å². The summed E-state index contributed by atoms with van der Waals surface area (Å²) in [6, 6.07) is 19.1. The lowest BCUT2D eigenvalue weighted by atomic mass is 10.1. The number of amides is 1. The van der Waals surface area contributed by atoms with Crippen molar-refractivity contribution in [2.75, 3.05) is 32.6 Å². The fourth-order valence-corrected chi connectivity index (χ4v) is 3.91. The zero-order valence-corrected chi connectivity index (χ0v) is 19.1. The van der Waals surface area contributed by atoms with Gasteiger partial charge < -0.3 is 14.6 Å². The molecule has 0 fully saturated rings. The van der Waals surface area contributed by atoms with Crippen LogP contribution in [-0.4, -0.2) is 48.7 Å². The van der Waals surface area contributed by atoms with Gasteiger partial charge >= 0.3 is 0 Å². The van der Waals surface area contributed by atoms with Crippen molar-refractivity contribution in [3.05, 3.63) is 72.0 Å². The van der Waals surface area contributed by atoms with E-state index in [-0.39, 0.29) is 5.91 Å². The van der Waals surface area contributed by atoms with Gasteiger partial charge in [-0.05, 0) is 57.4 Å². The van der Waals surface area contributed by atoms with Crippen LogP contribution < -0.4 is 10.7 Å². The summed E-state index contributed by atoms with van der Waals surface area (Å²) in [6.07, 6.45) is 0. The van der Waals surface area contributed by atoms with Gasteiger partial charge in [0.1, 0.15) is 11.5 Å². The molecule has 4 aromatic rings. The average molecular weight is 448 g/mol. The molecule has 0 aliphatic carbocycles. The number of fused-ring (bicyclic) bond motifs is 1. The highest BCUT2D eigenvalue weighted by Gasteiger charge is 2.11. The third-order valence-corrected chi connectivity index (χ3v) is 5.77. The summed E-state index contributed by atoms with van der Waals surface area (Å²) in [7, 11) is 3.95. The first-order chi connectivity index (χ1) is 15.5. The van der Waals surface area contributed by atoms with Crippen molar-refractivity contribution in [1.82, 2.24) is 15.2 Å². The van der Waals surface area contributed by atoms with Crippen molar-refractivity contribution in [1.29, 1.82) is 0 Å². The molecule has 0 aliphatic rings. The summed E-state index contributed by atoms with van der Waals surface area (Å²) >= 11 is 1.55. The fourth-order valence-electron chi connectivity index (χ4n) is 3.10. The fraction of sp³-hybridized carbons (Fsp3) is 0.208. The lowest BCUT2D eigenvalue weighted by molar-refractivity contribution is 0.0951. The van der Waals surface area contributed by atoms with Crippen molar-refractivity contribution in [2.45, 2.75) is 6.92 Å². The first kappa shape index (κ1) is 21.7. The highest BCUT2D eigenvalue weighted by molar-refractivity contribution is 7.22. The van der Waals surface area contributed by atoms with Gasteiger partial charge in [0.05, 0.1) is 10.2 Å². The van der Waals surface area contributed by atoms with Gasteiger partial charge in [-0.1, -0.05) is 35.6 Å². The number of para-hydroxylation sites is 1. The Morgan fingerprint density at radius 3 is 2.78 bits per heavy atom. The summed E-state index contributed by atoms with van der Waals surface area (Å²) in [5.41, 5.74) is 6.09. The Labute approximate surface area is 190 Å². The van der Waals surface area contributed by atoms with Gasteiger partial charge in [0, 0.05) is 24.2 Å². The molecule has 32 heavy (non-hydrogen) atoms. The molecular weight excluding hydrogens is 422 g/mol. The highest BCUT2D eigenvalue weighted by Crippen LogP contribution is 2.26. The third-order valence-electron chi connectivity index (χ3n) is 4.83. The van der Waals surface area contributed by atoms with Gasteiger partial charge in [-0.25, -0.2) is 4.98 Å². The maximum Gasteiger partial charge on any atom is 0.251 e. The molecule has 1 amide bonds. The molecular formula is C24H25N5O2S. The number of hydrazone groups is 1. The lowest BCUT2D eigenvalue weighted by Crippen LogP contribution is -2.31. The van der Waals surface area contributed by atoms with Crippen molar-refractivity contribution in [3.63, 3.8) is 0 Å². The van der Waals surface area contributed by atoms with Crippen LogP contribution in [0.4, 0.5) is 5.13 Å². The number of anilines is 1. The minimum absolute atomic E-state index is 0.0988. The molecule has 0 aliphatic heterocycles. The standard InChI is InChI=1S/C24H25N5O2S/c1-16(27-28-24-26-19-9-4-5-10-22(19)32-24)20-11-12-21(31-20)17-7-6-8-18(15-17)23(30)25-13-14-29(2)3/h4-12,15H,13-14H2,1-3H3,(H,25,30)(H,26,28)/b27-16+. The Balaban J connectivity index is 1.44. The van der Waals surface area contributed by atoms with E-state index in [2.05, 4.69) is 20.8 Å². The van der Waals surface area contributed by atoms with E-state index < -0.39 is 0 Å². The topological polar surface area (TPSA) is 82.8 Å². The summed E-state index contributed by atoms with van der Waals surface area (Å²) in [6.45, 7) is 3.26. The Morgan fingerprint density at radius 2 is 1.97 bits per heavy atom. The largest absolute Gasteiger partial charge is 0.455 e. The van der Waals surface area contributed by atoms with Gasteiger partial charge in [0.25, 0.3) is 5.91 Å². The van der Waals surface area contributed by atoms with Crippen LogP contribution >= 0.6 is 11.3 Å². The van der Waals surface area contributed by atoms with E-state index in [0.29, 0.717) is 29.3 Å². The van der Waals surface area contributed by atoms with E-state index in [0.717, 1.165) is 27.5 Å². The van der Waals surface area contributed by atoms with Crippen molar-refractivity contribution in [3.8, 4) is 11.3 Å². The number of furan rings is 1. The molecule has 7 nitrogen and oxygen atoms in total. The Hall–Kier alpha value is -3.49. The number of rotatable bonds is 8. The van der Waals surface area contributed by atoms with E-state index in [1.807, 2.05) is 80.5 Å². The Kier molecular flexibility index (Phi) is 6.63. The number of hydrogen-bond acceptors (Lipinski definition) is 7. The second-order valence-corrected chi connectivity index (χ2v) is 8.63. The Bertz CT molecular complexity index is 1230. The van der Waals surface area contributed by atoms with Crippen LogP contribution in [0.2, 0.25) is 0 Å². The molecule has 2 aromatic carbocycles. The maximum absolute atomic E-state index is 12.4. The molecule has 2 aromatic heterocycles. The van der Waals surface area contributed by atoms with Crippen molar-refractivity contribution >= 4 is 38.3 Å². The summed E-state index contributed by atoms with van der Waals surface area (Å²) < 4.78 is 7.11. The minimum Gasteiger partial charge on any atom is -0.455 e. The van der Waals surface area contributed by atoms with Crippen LogP contribution in [0.3, 0.4) is 0 Å². The number of carbonyl (C=O) groups is 1. The normalized spacial score (nSPS) is 11.8. The molecule has 0 saturated carbocycles. The van der Waals surface area contributed by atoms with Gasteiger partial charge in [-0.3, -0.25) is 10.2 Å². The summed E-state index contributed by atoms with van der Waals surface area (Å²) in [5.74, 6) is 1.23. The highest BCUT2D eigenvalue weighted by atomic mass is 32.1. The molecule has 164 valence electrons. The zero-order chi connectivity index (χ0) is 22.5. The second-order valence-electron chi connectivity index (χ2n) is 7.60. The molecule has 0 atom stereocenters. The molecule has 4 rings (SSSR count). The van der Waals surface area contributed by atoms with Gasteiger partial charge in [-0.15, -0.1) is 0 Å². The van der Waals surface area contributed by atoms with Crippen LogP contribution in [0.15, 0.2) is 70.2 Å². The number of nitrogens with zero attached hydrogens (tertiary/aromatic N) is 3. The quantitative estimate of drug-likeness (QED) is 0.303. The second kappa shape index (κ2) is 9.76. The first-order valence-electron chi connectivity index (χ1n) is 10.3. The van der Waals surface area contributed by atoms with Crippen LogP contribution in [0.25, 0.3) is 21.5 Å². The predicted molar refractivity (Wildman–Crippen MR) is 130 cm³/mol. The Morgan fingerprint density at radius 1 is 1.12 bits per heavy atom. The van der Waals surface area contributed by atoms with E-state index in [1.165, 1.54) is 0 Å². The monoisotopic (exact) mass is 447 g/mol. The van der Waals surface area contributed by atoms with Gasteiger partial charge in [0.2, 0.25) is 5.13 Å². The van der Waals surface area contributed by atoms with Crippen molar-refractivity contribution in [2.24, 2.45) is 5.10 Å². The number of likely N-dealkylation sites (N-methyl/N-ethyl adjacent to an activating group) is 1. The number of benzene rings is 2. The number of thiazole rings is 1. The minimum atomic E-state index is -0.0988. The molecule has 0 unspecified atom stereocenters. The van der Waals surface area contributed by atoms with E-state index in [4.69, 9.17) is 4.42 Å². The molecule has 0 spiro atoms. The maximum atomic E-state index is 12.4. The van der Waals surface area contributed by atoms with E-state index in [9.17, 15) is 4.79 Å². The molecule has 8 heteroatoms. The number of aromatic nitrogens is 1. The summed E-state index contributed by atoms with van der Waals surface area (Å²) in [5, 5.41) is 8.07. The van der Waals surface area contributed by atoms with Gasteiger partial charge in [0.15, 0.2) is 5.76 Å². The van der Waals surface area contributed by atoms with Crippen LogP contribution in [0.1, 0.15) is 23.0 Å². The van der Waals surface area contributed by atoms with Crippen LogP contribution in [-0.2, 0) is 0 Å². The summed E-state index contributed by atoms with van der Waals surface area (Å²) in [4.78, 5) is 19.0. The molecule has 0 bridgehead atoms. The number of nitrogens with one attached hydrogen (secondary N) is 2. The van der Waals surface area contributed by atoms with E-state index in [1.54, 1.807) is 17.4 Å². The zero-order valence-electron chi connectivity index (χ0n) is 18.3. The lowest BCUT2D eigenvalue weighted by Gasteiger charge is -2.10. The van der Waals surface area contributed by atoms with E-state index >= 15 is 0 Å². The first-order valence-corrected chi connectivity index (χ1v) is 11.1.